The quantitative estimate of drug-likeness (QED) is 0.441. The first-order valence-electron chi connectivity index (χ1n) is 8.70. The summed E-state index contributed by atoms with van der Waals surface area (Å²) >= 11 is 6.16. The van der Waals surface area contributed by atoms with Gasteiger partial charge in [0.15, 0.2) is 0 Å². The minimum atomic E-state index is -0.639. The summed E-state index contributed by atoms with van der Waals surface area (Å²) in [5.41, 5.74) is 2.41. The van der Waals surface area contributed by atoms with E-state index in [2.05, 4.69) is 10.1 Å². The van der Waals surface area contributed by atoms with Crippen molar-refractivity contribution in [1.29, 1.82) is 0 Å². The first-order valence-corrected chi connectivity index (χ1v) is 9.07. The minimum Gasteiger partial charge on any atom is -0.466 e. The van der Waals surface area contributed by atoms with Gasteiger partial charge in [-0.25, -0.2) is 9.18 Å². The monoisotopic (exact) mass is 409 g/mol. The Balaban J connectivity index is 1.87. The molecule has 0 fully saturated rings. The lowest BCUT2D eigenvalue weighted by Crippen LogP contribution is -2.14. The van der Waals surface area contributed by atoms with E-state index < -0.39 is 17.7 Å². The molecule has 3 rings (SSSR count). The number of esters is 1. The van der Waals surface area contributed by atoms with Crippen LogP contribution in [0.3, 0.4) is 0 Å². The molecule has 0 aliphatic heterocycles. The number of benzene rings is 3. The fraction of sp³-hybridized carbons (Fsp3) is 0.0435. The highest BCUT2D eigenvalue weighted by molar-refractivity contribution is 6.34. The van der Waals surface area contributed by atoms with Crippen LogP contribution < -0.4 is 5.32 Å². The molecule has 0 saturated heterocycles. The molecule has 0 unspecified atom stereocenters. The molecule has 1 amide bonds. The molecule has 0 saturated carbocycles. The minimum absolute atomic E-state index is 0.0991. The molecule has 1 N–H and O–H groups in total. The number of ether oxygens (including phenoxy) is 1. The van der Waals surface area contributed by atoms with Gasteiger partial charge in [-0.1, -0.05) is 54.1 Å². The number of nitrogens with one attached hydrogen (secondary N) is 1. The third-order valence-corrected chi connectivity index (χ3v) is 4.50. The summed E-state index contributed by atoms with van der Waals surface area (Å²) in [5, 5.41) is 2.91. The summed E-state index contributed by atoms with van der Waals surface area (Å²) in [6.07, 6.45) is 2.77. The Morgan fingerprint density at radius 3 is 2.48 bits per heavy atom. The van der Waals surface area contributed by atoms with Crippen LogP contribution in [-0.4, -0.2) is 19.0 Å². The molecule has 6 heteroatoms. The Hall–Kier alpha value is -3.44. The molecule has 0 aliphatic carbocycles. The zero-order valence-corrected chi connectivity index (χ0v) is 16.2. The predicted molar refractivity (Wildman–Crippen MR) is 112 cm³/mol. The molecule has 4 nitrogen and oxygen atoms in total. The van der Waals surface area contributed by atoms with Crippen LogP contribution >= 0.6 is 11.6 Å². The van der Waals surface area contributed by atoms with E-state index >= 15 is 0 Å². The standard InChI is InChI=1S/C23H17ClFNO3/c1-29-22(27)12-8-15-7-10-19(24)21(13-15)26-23(28)18-14-17(9-11-20(18)25)16-5-3-2-4-6-16/h2-14H,1H3,(H,26,28)/b12-8+. The molecule has 29 heavy (non-hydrogen) atoms. The van der Waals surface area contributed by atoms with Gasteiger partial charge >= 0.3 is 5.97 Å². The zero-order valence-electron chi connectivity index (χ0n) is 15.5. The van der Waals surface area contributed by atoms with E-state index in [1.54, 1.807) is 24.3 Å². The van der Waals surface area contributed by atoms with Gasteiger partial charge in [0.2, 0.25) is 0 Å². The average Bonchev–Trinajstić information content (AvgIpc) is 2.74. The summed E-state index contributed by atoms with van der Waals surface area (Å²) in [7, 11) is 1.28. The number of amides is 1. The summed E-state index contributed by atoms with van der Waals surface area (Å²) < 4.78 is 18.9. The van der Waals surface area contributed by atoms with Gasteiger partial charge in [0.1, 0.15) is 5.82 Å². The second-order valence-electron chi connectivity index (χ2n) is 6.11. The predicted octanol–water partition coefficient (Wildman–Crippen LogP) is 5.58. The average molecular weight is 410 g/mol. The largest absolute Gasteiger partial charge is 0.466 e. The third kappa shape index (κ3) is 5.09. The van der Waals surface area contributed by atoms with Gasteiger partial charge in [-0.3, -0.25) is 4.79 Å². The normalized spacial score (nSPS) is 10.7. The number of methoxy groups -OCH3 is 1. The first kappa shape index (κ1) is 20.3. The molecule has 0 heterocycles. The molecule has 0 bridgehead atoms. The van der Waals surface area contributed by atoms with E-state index in [0.717, 1.165) is 11.1 Å². The second-order valence-corrected chi connectivity index (χ2v) is 6.52. The molecule has 146 valence electrons. The highest BCUT2D eigenvalue weighted by atomic mass is 35.5. The number of rotatable bonds is 5. The molecular weight excluding hydrogens is 393 g/mol. The number of hydrogen-bond acceptors (Lipinski definition) is 3. The van der Waals surface area contributed by atoms with Gasteiger partial charge in [0.05, 0.1) is 23.4 Å². The fourth-order valence-corrected chi connectivity index (χ4v) is 2.84. The van der Waals surface area contributed by atoms with Crippen molar-refractivity contribution in [3.63, 3.8) is 0 Å². The van der Waals surface area contributed by atoms with Crippen molar-refractivity contribution >= 4 is 35.2 Å². The van der Waals surface area contributed by atoms with E-state index in [1.165, 1.54) is 31.4 Å². The van der Waals surface area contributed by atoms with Crippen molar-refractivity contribution in [2.24, 2.45) is 0 Å². The van der Waals surface area contributed by atoms with E-state index in [4.69, 9.17) is 11.6 Å². The van der Waals surface area contributed by atoms with Crippen LogP contribution in [0, 0.1) is 5.82 Å². The Kier molecular flexibility index (Phi) is 6.42. The number of hydrogen-bond donors (Lipinski definition) is 1. The van der Waals surface area contributed by atoms with Crippen LogP contribution in [0.1, 0.15) is 15.9 Å². The van der Waals surface area contributed by atoms with Crippen LogP contribution in [0.15, 0.2) is 72.8 Å². The van der Waals surface area contributed by atoms with Crippen molar-refractivity contribution in [3.05, 3.63) is 94.8 Å². The maximum atomic E-state index is 14.3. The van der Waals surface area contributed by atoms with Crippen molar-refractivity contribution in [1.82, 2.24) is 0 Å². The molecule has 0 radical (unpaired) electrons. The van der Waals surface area contributed by atoms with Gasteiger partial charge in [-0.05, 0) is 47.0 Å². The Labute approximate surface area is 172 Å². The Morgan fingerprint density at radius 1 is 1.00 bits per heavy atom. The number of anilines is 1. The van der Waals surface area contributed by atoms with Crippen LogP contribution in [0.4, 0.5) is 10.1 Å². The lowest BCUT2D eigenvalue weighted by molar-refractivity contribution is -0.134. The molecule has 0 atom stereocenters. The molecule has 0 spiro atoms. The summed E-state index contributed by atoms with van der Waals surface area (Å²) in [6.45, 7) is 0. The van der Waals surface area contributed by atoms with E-state index in [1.807, 2.05) is 30.3 Å². The lowest BCUT2D eigenvalue weighted by Gasteiger charge is -2.10. The number of halogens is 2. The van der Waals surface area contributed by atoms with Crippen molar-refractivity contribution < 1.29 is 18.7 Å². The van der Waals surface area contributed by atoms with Crippen molar-refractivity contribution in [2.75, 3.05) is 12.4 Å². The number of carbonyl (C=O) groups is 2. The summed E-state index contributed by atoms with van der Waals surface area (Å²) in [5.74, 6) is -1.78. The summed E-state index contributed by atoms with van der Waals surface area (Å²) in [6, 6.07) is 18.6. The highest BCUT2D eigenvalue weighted by Gasteiger charge is 2.15. The van der Waals surface area contributed by atoms with Gasteiger partial charge in [-0.2, -0.15) is 0 Å². The highest BCUT2D eigenvalue weighted by Crippen LogP contribution is 2.26. The van der Waals surface area contributed by atoms with Gasteiger partial charge < -0.3 is 10.1 Å². The second kappa shape index (κ2) is 9.17. The van der Waals surface area contributed by atoms with Gasteiger partial charge in [0, 0.05) is 6.08 Å². The van der Waals surface area contributed by atoms with Gasteiger partial charge in [-0.15, -0.1) is 0 Å². The maximum Gasteiger partial charge on any atom is 0.330 e. The molecule has 3 aromatic rings. The topological polar surface area (TPSA) is 55.4 Å². The third-order valence-electron chi connectivity index (χ3n) is 4.17. The van der Waals surface area contributed by atoms with E-state index in [9.17, 15) is 14.0 Å². The molecular formula is C23H17ClFNO3. The maximum absolute atomic E-state index is 14.3. The zero-order chi connectivity index (χ0) is 20.8. The van der Waals surface area contributed by atoms with Crippen LogP contribution in [0.25, 0.3) is 17.2 Å². The summed E-state index contributed by atoms with van der Waals surface area (Å²) in [4.78, 5) is 23.9. The fourth-order valence-electron chi connectivity index (χ4n) is 2.67. The molecule has 0 aromatic heterocycles. The first-order chi connectivity index (χ1) is 14.0. The van der Waals surface area contributed by atoms with Crippen LogP contribution in [-0.2, 0) is 9.53 Å². The molecule has 3 aromatic carbocycles. The van der Waals surface area contributed by atoms with E-state index in [-0.39, 0.29) is 10.6 Å². The Morgan fingerprint density at radius 2 is 1.76 bits per heavy atom. The molecule has 0 aliphatic rings. The lowest BCUT2D eigenvalue weighted by atomic mass is 10.0. The number of carbonyl (C=O) groups excluding carboxylic acids is 2. The van der Waals surface area contributed by atoms with E-state index in [0.29, 0.717) is 11.3 Å². The van der Waals surface area contributed by atoms with Crippen molar-refractivity contribution in [3.8, 4) is 11.1 Å². The van der Waals surface area contributed by atoms with Crippen LogP contribution in [0.5, 0.6) is 0 Å². The van der Waals surface area contributed by atoms with Gasteiger partial charge in [0.25, 0.3) is 5.91 Å². The smallest absolute Gasteiger partial charge is 0.330 e. The SMILES string of the molecule is COC(=O)/C=C/c1ccc(Cl)c(NC(=O)c2cc(-c3ccccc3)ccc2F)c1. The van der Waals surface area contributed by atoms with Crippen LogP contribution in [0.2, 0.25) is 5.02 Å². The Bertz CT molecular complexity index is 1080. The van der Waals surface area contributed by atoms with Crippen molar-refractivity contribution in [2.45, 2.75) is 0 Å².